The summed E-state index contributed by atoms with van der Waals surface area (Å²) in [6.45, 7) is 12.5. The van der Waals surface area contributed by atoms with Crippen molar-refractivity contribution in [2.24, 2.45) is 5.28 Å². The highest BCUT2D eigenvalue weighted by Crippen LogP contribution is 2.32. The summed E-state index contributed by atoms with van der Waals surface area (Å²) in [5.74, 6) is 0. The van der Waals surface area contributed by atoms with Gasteiger partial charge in [0.05, 0.1) is 0 Å². The van der Waals surface area contributed by atoms with Crippen molar-refractivity contribution in [1.82, 2.24) is 0 Å². The van der Waals surface area contributed by atoms with Gasteiger partial charge in [0, 0.05) is 12.1 Å². The van der Waals surface area contributed by atoms with Crippen LogP contribution in [0.4, 0.5) is 5.69 Å². The lowest BCUT2D eigenvalue weighted by molar-refractivity contribution is -0.474. The zero-order valence-corrected chi connectivity index (χ0v) is 12.0. The van der Waals surface area contributed by atoms with Gasteiger partial charge < -0.3 is 10.4 Å². The fraction of sp³-hybridized carbons (Fsp3) is 0.571. The Labute approximate surface area is 109 Å². The molecule has 18 heavy (non-hydrogen) atoms. The van der Waals surface area contributed by atoms with Gasteiger partial charge in [-0.05, 0) is 26.8 Å². The Kier molecular flexibility index (Phi) is 3.70. The Morgan fingerprint density at radius 3 is 1.61 bits per heavy atom. The molecule has 0 saturated carbocycles. The lowest BCUT2D eigenvalue weighted by Crippen LogP contribution is -2.16. The first kappa shape index (κ1) is 14.5. The normalized spacial score (nSPS) is 13.8. The Morgan fingerprint density at radius 1 is 0.944 bits per heavy atom. The van der Waals surface area contributed by atoms with E-state index in [4.69, 9.17) is 5.21 Å². The Hall–Kier alpha value is -1.58. The maximum atomic E-state index is 11.5. The van der Waals surface area contributed by atoms with Crippen LogP contribution in [0, 0.1) is 5.21 Å². The van der Waals surface area contributed by atoms with Crippen LogP contribution >= 0.6 is 0 Å². The molecule has 0 bridgehead atoms. The summed E-state index contributed by atoms with van der Waals surface area (Å²) >= 11 is 0. The van der Waals surface area contributed by atoms with Crippen molar-refractivity contribution in [3.63, 3.8) is 0 Å². The fourth-order valence-electron chi connectivity index (χ4n) is 1.64. The molecule has 0 heterocycles. The molecular weight excluding hydrogens is 228 g/mol. The predicted molar refractivity (Wildman–Crippen MR) is 71.3 cm³/mol. The van der Waals surface area contributed by atoms with Crippen LogP contribution in [-0.4, -0.2) is 10.1 Å². The topological polar surface area (TPSA) is 58.7 Å². The van der Waals surface area contributed by atoms with Crippen LogP contribution in [0.15, 0.2) is 23.5 Å². The minimum absolute atomic E-state index is 0.0632. The second kappa shape index (κ2) is 4.59. The zero-order chi connectivity index (χ0) is 14.1. The number of rotatable bonds is 1. The summed E-state index contributed by atoms with van der Waals surface area (Å²) in [7, 11) is 0. The fourth-order valence-corrected chi connectivity index (χ4v) is 1.64. The smallest absolute Gasteiger partial charge is 0.248 e. The third-order valence-corrected chi connectivity index (χ3v) is 2.95. The van der Waals surface area contributed by atoms with Crippen molar-refractivity contribution in [3.8, 4) is 0 Å². The zero-order valence-electron chi connectivity index (χ0n) is 12.0. The first-order valence-corrected chi connectivity index (χ1v) is 6.04. The third kappa shape index (κ3) is 3.22. The standard InChI is InChI=1S/C14H22N2O2/c1-13(2,3)10-7-11(14(4,5)6)9-12(8-10)16(18)15-17/h7-9,17H,1-6H3. The number of hydrogen-bond acceptors (Lipinski definition) is 2. The van der Waals surface area contributed by atoms with Crippen molar-refractivity contribution < 1.29 is 10.1 Å². The summed E-state index contributed by atoms with van der Waals surface area (Å²) < 4.78 is 0. The summed E-state index contributed by atoms with van der Waals surface area (Å²) in [6, 6.07) is 5.64. The van der Waals surface area contributed by atoms with Gasteiger partial charge in [0.15, 0.2) is 0 Å². The van der Waals surface area contributed by atoms with Crippen LogP contribution in [0.3, 0.4) is 0 Å². The Balaban J connectivity index is 3.49. The highest BCUT2D eigenvalue weighted by atomic mass is 16.6. The summed E-state index contributed by atoms with van der Waals surface area (Å²) in [5.41, 5.74) is 2.33. The molecule has 4 heteroatoms. The van der Waals surface area contributed by atoms with Gasteiger partial charge in [0.25, 0.3) is 0 Å². The van der Waals surface area contributed by atoms with E-state index in [1.807, 2.05) is 0 Å². The molecule has 1 rings (SSSR count). The Bertz CT molecular complexity index is 433. The third-order valence-electron chi connectivity index (χ3n) is 2.95. The van der Waals surface area contributed by atoms with Gasteiger partial charge in [-0.2, -0.15) is 0 Å². The van der Waals surface area contributed by atoms with E-state index < -0.39 is 0 Å². The molecule has 0 aliphatic heterocycles. The quantitative estimate of drug-likeness (QED) is 0.460. The highest BCUT2D eigenvalue weighted by molar-refractivity contribution is 5.44. The van der Waals surface area contributed by atoms with Crippen LogP contribution in [-0.2, 0) is 10.8 Å². The van der Waals surface area contributed by atoms with Gasteiger partial charge in [-0.1, -0.05) is 47.6 Å². The van der Waals surface area contributed by atoms with Gasteiger partial charge in [-0.15, -0.1) is 0 Å². The lowest BCUT2D eigenvalue weighted by atomic mass is 9.80. The molecule has 0 unspecified atom stereocenters. The molecule has 0 atom stereocenters. The highest BCUT2D eigenvalue weighted by Gasteiger charge is 2.23. The monoisotopic (exact) mass is 250 g/mol. The van der Waals surface area contributed by atoms with Crippen molar-refractivity contribution in [2.75, 3.05) is 0 Å². The van der Waals surface area contributed by atoms with E-state index >= 15 is 0 Å². The van der Waals surface area contributed by atoms with Crippen molar-refractivity contribution in [3.05, 3.63) is 34.5 Å². The SMILES string of the molecule is CC(C)(C)c1cc([N+]([O-])=NO)cc(C(C)(C)C)c1. The molecule has 0 saturated heterocycles. The molecule has 1 aromatic carbocycles. The van der Waals surface area contributed by atoms with Crippen LogP contribution in [0.2, 0.25) is 0 Å². The van der Waals surface area contributed by atoms with Gasteiger partial charge in [-0.25, -0.2) is 0 Å². The van der Waals surface area contributed by atoms with Gasteiger partial charge in [-0.3, -0.25) is 0 Å². The first-order chi connectivity index (χ1) is 8.05. The minimum atomic E-state index is -0.0632. The molecule has 0 spiro atoms. The molecular formula is C14H22N2O2. The molecule has 0 aliphatic carbocycles. The molecule has 0 fully saturated rings. The minimum Gasteiger partial charge on any atom is -0.592 e. The first-order valence-electron chi connectivity index (χ1n) is 6.04. The van der Waals surface area contributed by atoms with E-state index in [1.54, 1.807) is 12.1 Å². The largest absolute Gasteiger partial charge is 0.592 e. The summed E-state index contributed by atoms with van der Waals surface area (Å²) in [5, 5.41) is 22.8. The van der Waals surface area contributed by atoms with Crippen LogP contribution < -0.4 is 0 Å². The molecule has 0 amide bonds. The molecule has 0 radical (unpaired) electrons. The van der Waals surface area contributed by atoms with Crippen molar-refractivity contribution in [2.45, 2.75) is 52.4 Å². The van der Waals surface area contributed by atoms with Crippen molar-refractivity contribution in [1.29, 1.82) is 0 Å². The number of nitrogens with zero attached hydrogens (tertiary/aromatic N) is 2. The van der Waals surface area contributed by atoms with E-state index in [1.165, 1.54) is 0 Å². The van der Waals surface area contributed by atoms with E-state index in [-0.39, 0.29) is 15.7 Å². The molecule has 100 valence electrons. The second-order valence-corrected chi connectivity index (χ2v) is 6.63. The van der Waals surface area contributed by atoms with Crippen molar-refractivity contribution >= 4 is 5.69 Å². The molecule has 0 aromatic heterocycles. The lowest BCUT2D eigenvalue weighted by Gasteiger charge is -2.24. The van der Waals surface area contributed by atoms with E-state index in [0.717, 1.165) is 11.1 Å². The number of benzene rings is 1. The molecule has 1 N–H and O–H groups in total. The second-order valence-electron chi connectivity index (χ2n) is 6.63. The van der Waals surface area contributed by atoms with E-state index in [0.29, 0.717) is 5.69 Å². The van der Waals surface area contributed by atoms with Crippen LogP contribution in [0.25, 0.3) is 0 Å². The maximum absolute atomic E-state index is 11.5. The average Bonchev–Trinajstić information content (AvgIpc) is 2.25. The van der Waals surface area contributed by atoms with E-state index in [2.05, 4.69) is 52.9 Å². The van der Waals surface area contributed by atoms with Gasteiger partial charge in [0.2, 0.25) is 11.0 Å². The Morgan fingerprint density at radius 2 is 1.33 bits per heavy atom. The molecule has 4 nitrogen and oxygen atoms in total. The molecule has 0 aliphatic rings. The van der Waals surface area contributed by atoms with Crippen LogP contribution in [0.5, 0.6) is 0 Å². The van der Waals surface area contributed by atoms with Gasteiger partial charge in [0.1, 0.15) is 0 Å². The van der Waals surface area contributed by atoms with Gasteiger partial charge >= 0.3 is 0 Å². The number of hydrogen-bond donors (Lipinski definition) is 1. The van der Waals surface area contributed by atoms with E-state index in [9.17, 15) is 5.21 Å². The van der Waals surface area contributed by atoms with Crippen LogP contribution in [0.1, 0.15) is 52.7 Å². The summed E-state index contributed by atoms with van der Waals surface area (Å²) in [6.07, 6.45) is 0. The predicted octanol–water partition coefficient (Wildman–Crippen LogP) is 4.26. The molecule has 1 aromatic rings. The average molecular weight is 250 g/mol. The summed E-state index contributed by atoms with van der Waals surface area (Å²) in [4.78, 5) is 0.241. The maximum Gasteiger partial charge on any atom is 0.248 e.